The van der Waals surface area contributed by atoms with E-state index in [0.717, 1.165) is 64.2 Å². The summed E-state index contributed by atoms with van der Waals surface area (Å²) in [7, 11) is 0. The van der Waals surface area contributed by atoms with Crippen LogP contribution < -0.4 is 5.32 Å². The number of aliphatic hydroxyl groups excluding tert-OH is 2. The van der Waals surface area contributed by atoms with Crippen LogP contribution in [0.2, 0.25) is 0 Å². The first-order valence-corrected chi connectivity index (χ1v) is 25.9. The van der Waals surface area contributed by atoms with Gasteiger partial charge in [-0.2, -0.15) is 0 Å². The molecule has 0 heterocycles. The van der Waals surface area contributed by atoms with Crippen LogP contribution in [0.1, 0.15) is 258 Å². The van der Waals surface area contributed by atoms with E-state index in [-0.39, 0.29) is 24.9 Å². The molecule has 350 valence electrons. The number of hydrogen-bond acceptors (Lipinski definition) is 5. The first-order chi connectivity index (χ1) is 29.5. The second kappa shape index (κ2) is 47.9. The molecule has 0 rings (SSSR count). The fourth-order valence-corrected chi connectivity index (χ4v) is 7.85. The maximum Gasteiger partial charge on any atom is 0.306 e. The maximum atomic E-state index is 13.2. The van der Waals surface area contributed by atoms with Gasteiger partial charge in [-0.1, -0.05) is 249 Å². The minimum Gasteiger partial charge on any atom is -0.462 e. The smallest absolute Gasteiger partial charge is 0.306 e. The number of nitrogens with one attached hydrogen (secondary N) is 1. The predicted molar refractivity (Wildman–Crippen MR) is 259 cm³/mol. The lowest BCUT2D eigenvalue weighted by molar-refractivity contribution is -0.151. The van der Waals surface area contributed by atoms with Gasteiger partial charge in [0.25, 0.3) is 0 Å². The molecule has 0 radical (unpaired) electrons. The molecule has 3 unspecified atom stereocenters. The van der Waals surface area contributed by atoms with Crippen molar-refractivity contribution < 1.29 is 24.5 Å². The van der Waals surface area contributed by atoms with E-state index in [1.807, 2.05) is 24.3 Å². The van der Waals surface area contributed by atoms with Crippen LogP contribution in [0.3, 0.4) is 0 Å². The minimum atomic E-state index is -0.792. The lowest BCUT2D eigenvalue weighted by Crippen LogP contribution is -2.46. The Bertz CT molecular complexity index is 1040. The van der Waals surface area contributed by atoms with Gasteiger partial charge in [0.05, 0.1) is 25.2 Å². The Labute approximate surface area is 372 Å². The van der Waals surface area contributed by atoms with Crippen LogP contribution in [0.4, 0.5) is 0 Å². The van der Waals surface area contributed by atoms with Crippen molar-refractivity contribution in [3.05, 3.63) is 48.6 Å². The molecule has 0 fully saturated rings. The molecule has 0 spiro atoms. The van der Waals surface area contributed by atoms with Gasteiger partial charge in [0.1, 0.15) is 6.10 Å². The van der Waals surface area contributed by atoms with Gasteiger partial charge in [0, 0.05) is 6.42 Å². The van der Waals surface area contributed by atoms with Crippen molar-refractivity contribution in [3.8, 4) is 0 Å². The minimum absolute atomic E-state index is 0.0641. The monoisotopic (exact) mass is 842 g/mol. The SMILES string of the molecule is CC/C=C/C=C/C=C\C=C/CCCCCC(=O)OC(CCCCCCCCCCCCCCCCCCC)CC(=O)NC(CO)C(O)CCCCCCCCCCCCC. The third kappa shape index (κ3) is 42.5. The summed E-state index contributed by atoms with van der Waals surface area (Å²) >= 11 is 0. The lowest BCUT2D eigenvalue weighted by Gasteiger charge is -2.24. The first-order valence-electron chi connectivity index (χ1n) is 25.9. The van der Waals surface area contributed by atoms with Crippen LogP contribution in [0.5, 0.6) is 0 Å². The first kappa shape index (κ1) is 57.8. The molecule has 0 saturated heterocycles. The van der Waals surface area contributed by atoms with E-state index in [0.29, 0.717) is 19.3 Å². The van der Waals surface area contributed by atoms with Gasteiger partial charge in [-0.05, 0) is 44.9 Å². The number of allylic oxidation sites excluding steroid dienone is 8. The largest absolute Gasteiger partial charge is 0.462 e. The molecular formula is C54H99NO5. The normalized spacial score (nSPS) is 13.6. The van der Waals surface area contributed by atoms with E-state index in [1.54, 1.807) is 0 Å². The van der Waals surface area contributed by atoms with Gasteiger partial charge in [-0.3, -0.25) is 9.59 Å². The molecule has 3 N–H and O–H groups in total. The Hall–Kier alpha value is -2.18. The zero-order valence-electron chi connectivity index (χ0n) is 39.8. The molecule has 0 aliphatic carbocycles. The van der Waals surface area contributed by atoms with Crippen LogP contribution in [-0.2, 0) is 14.3 Å². The zero-order valence-corrected chi connectivity index (χ0v) is 39.8. The number of unbranched alkanes of at least 4 members (excludes halogenated alkanes) is 29. The number of amides is 1. The highest BCUT2D eigenvalue weighted by atomic mass is 16.5. The van der Waals surface area contributed by atoms with Crippen LogP contribution in [0.15, 0.2) is 48.6 Å². The maximum absolute atomic E-state index is 13.2. The third-order valence-corrected chi connectivity index (χ3v) is 11.8. The van der Waals surface area contributed by atoms with Crippen molar-refractivity contribution in [2.45, 2.75) is 277 Å². The van der Waals surface area contributed by atoms with Gasteiger partial charge in [0.15, 0.2) is 0 Å². The Morgan fingerprint density at radius 3 is 1.35 bits per heavy atom. The Morgan fingerprint density at radius 1 is 0.500 bits per heavy atom. The van der Waals surface area contributed by atoms with Gasteiger partial charge < -0.3 is 20.3 Å². The van der Waals surface area contributed by atoms with Crippen molar-refractivity contribution in [2.75, 3.05) is 6.61 Å². The third-order valence-electron chi connectivity index (χ3n) is 11.8. The number of aliphatic hydroxyl groups is 2. The van der Waals surface area contributed by atoms with E-state index in [4.69, 9.17) is 4.74 Å². The fraction of sp³-hybridized carbons (Fsp3) is 0.815. The molecule has 0 aromatic heterocycles. The summed E-state index contributed by atoms with van der Waals surface area (Å²) < 4.78 is 5.92. The van der Waals surface area contributed by atoms with E-state index >= 15 is 0 Å². The predicted octanol–water partition coefficient (Wildman–Crippen LogP) is 15.5. The number of carbonyl (C=O) groups is 2. The van der Waals surface area contributed by atoms with E-state index in [2.05, 4.69) is 50.4 Å². The van der Waals surface area contributed by atoms with Crippen molar-refractivity contribution >= 4 is 11.9 Å². The summed E-state index contributed by atoms with van der Waals surface area (Å²) in [6.45, 7) is 6.34. The average molecular weight is 842 g/mol. The van der Waals surface area contributed by atoms with Crippen molar-refractivity contribution in [1.29, 1.82) is 0 Å². The molecule has 0 aromatic rings. The topological polar surface area (TPSA) is 95.9 Å². The number of hydrogen-bond donors (Lipinski definition) is 3. The van der Waals surface area contributed by atoms with E-state index in [9.17, 15) is 19.8 Å². The van der Waals surface area contributed by atoms with Gasteiger partial charge in [-0.25, -0.2) is 0 Å². The summed E-state index contributed by atoms with van der Waals surface area (Å²) in [5.74, 6) is -0.511. The van der Waals surface area contributed by atoms with Gasteiger partial charge >= 0.3 is 5.97 Å². The quantitative estimate of drug-likeness (QED) is 0.0322. The molecule has 0 aliphatic rings. The van der Waals surface area contributed by atoms with Gasteiger partial charge in [-0.15, -0.1) is 0 Å². The molecule has 0 aromatic carbocycles. The highest BCUT2D eigenvalue weighted by Gasteiger charge is 2.24. The standard InChI is InChI=1S/C54H99NO5/c1-4-7-10-13-16-19-22-24-25-26-27-29-31-33-36-39-42-45-50(60-54(59)47-44-41-38-35-32-28-23-20-17-14-11-8-5-2)48-53(58)55-51(49-56)52(57)46-43-40-37-34-30-21-18-15-12-9-6-3/h8,11,14,17,20,23,28,32,50-52,56-57H,4-7,9-10,12-13,15-16,18-19,21-22,24-27,29-31,33-49H2,1-3H3,(H,55,58)/b11-8+,17-14+,23-20-,32-28-. The van der Waals surface area contributed by atoms with E-state index in [1.165, 1.54) is 148 Å². The Kier molecular flexibility index (Phi) is 46.1. The molecule has 0 bridgehead atoms. The van der Waals surface area contributed by atoms with Crippen molar-refractivity contribution in [3.63, 3.8) is 0 Å². The summed E-state index contributed by atoms with van der Waals surface area (Å²) in [5.41, 5.74) is 0. The summed E-state index contributed by atoms with van der Waals surface area (Å²) in [6, 6.07) is -0.707. The van der Waals surface area contributed by atoms with Crippen LogP contribution in [0, 0.1) is 0 Å². The molecular weight excluding hydrogens is 743 g/mol. The summed E-state index contributed by atoms with van der Waals surface area (Å²) in [5, 5.41) is 23.7. The molecule has 0 aliphatic heterocycles. The Morgan fingerprint density at radius 2 is 0.900 bits per heavy atom. The van der Waals surface area contributed by atoms with Crippen LogP contribution >= 0.6 is 0 Å². The highest BCUT2D eigenvalue weighted by Crippen LogP contribution is 2.18. The van der Waals surface area contributed by atoms with Gasteiger partial charge in [0.2, 0.25) is 5.91 Å². The molecule has 0 saturated carbocycles. The number of ether oxygens (including phenoxy) is 1. The van der Waals surface area contributed by atoms with Crippen molar-refractivity contribution in [2.24, 2.45) is 0 Å². The summed E-state index contributed by atoms with van der Waals surface area (Å²) in [6.07, 6.45) is 57.4. The zero-order chi connectivity index (χ0) is 43.8. The van der Waals surface area contributed by atoms with Crippen LogP contribution in [-0.4, -0.2) is 46.9 Å². The molecule has 3 atom stereocenters. The second-order valence-corrected chi connectivity index (χ2v) is 17.6. The van der Waals surface area contributed by atoms with E-state index < -0.39 is 18.2 Å². The summed E-state index contributed by atoms with van der Waals surface area (Å²) in [4.78, 5) is 26.1. The van der Waals surface area contributed by atoms with Crippen LogP contribution in [0.25, 0.3) is 0 Å². The van der Waals surface area contributed by atoms with Crippen molar-refractivity contribution in [1.82, 2.24) is 5.32 Å². The average Bonchev–Trinajstić information content (AvgIpc) is 3.24. The fourth-order valence-electron chi connectivity index (χ4n) is 7.85. The lowest BCUT2D eigenvalue weighted by atomic mass is 10.0. The molecule has 6 nitrogen and oxygen atoms in total. The molecule has 6 heteroatoms. The Balaban J connectivity index is 4.61. The molecule has 60 heavy (non-hydrogen) atoms. The number of rotatable bonds is 46. The number of esters is 1. The second-order valence-electron chi connectivity index (χ2n) is 17.6. The number of carbonyl (C=O) groups excluding carboxylic acids is 2. The molecule has 1 amide bonds. The highest BCUT2D eigenvalue weighted by molar-refractivity contribution is 5.77.